The van der Waals surface area contributed by atoms with Gasteiger partial charge < -0.3 is 9.47 Å². The molecule has 2 heterocycles. The number of thiophene rings is 1. The second kappa shape index (κ2) is 7.55. The summed E-state index contributed by atoms with van der Waals surface area (Å²) in [7, 11) is 0. The van der Waals surface area contributed by atoms with Gasteiger partial charge in [-0.25, -0.2) is 9.78 Å². The number of esters is 1. The summed E-state index contributed by atoms with van der Waals surface area (Å²) in [6.07, 6.45) is 0. The van der Waals surface area contributed by atoms with Gasteiger partial charge in [0, 0.05) is 5.39 Å². The number of fused-ring (bicyclic) bond motifs is 1. The fourth-order valence-corrected chi connectivity index (χ4v) is 3.53. The van der Waals surface area contributed by atoms with Crippen LogP contribution in [-0.4, -0.2) is 17.6 Å². The minimum absolute atomic E-state index is 0.335. The van der Waals surface area contributed by atoms with Crippen molar-refractivity contribution in [2.75, 3.05) is 6.61 Å². The van der Waals surface area contributed by atoms with Crippen molar-refractivity contribution in [3.8, 4) is 0 Å². The van der Waals surface area contributed by atoms with Crippen molar-refractivity contribution in [2.24, 2.45) is 0 Å². The maximum atomic E-state index is 12.0. The Morgan fingerprint density at radius 1 is 1.21 bits per heavy atom. The number of carbonyl (C=O) groups is 1. The molecule has 3 rings (SSSR count). The van der Waals surface area contributed by atoms with Gasteiger partial charge in [-0.15, -0.1) is 11.3 Å². The third-order valence-corrected chi connectivity index (χ3v) is 4.65. The smallest absolute Gasteiger partial charge is 0.356 e. The largest absolute Gasteiger partial charge is 0.461 e. The van der Waals surface area contributed by atoms with Crippen LogP contribution >= 0.6 is 11.3 Å². The highest BCUT2D eigenvalue weighted by atomic mass is 32.1. The van der Waals surface area contributed by atoms with Crippen LogP contribution in [0.1, 0.15) is 34.1 Å². The van der Waals surface area contributed by atoms with Gasteiger partial charge in [-0.3, -0.25) is 0 Å². The lowest BCUT2D eigenvalue weighted by Gasteiger charge is -2.09. The lowest BCUT2D eigenvalue weighted by atomic mass is 10.1. The SMILES string of the molecule is CCOC(=O)c1cc(COCc2ccccc2)c2c(C)csc2n1. The van der Waals surface area contributed by atoms with Gasteiger partial charge in [-0.2, -0.15) is 0 Å². The summed E-state index contributed by atoms with van der Waals surface area (Å²) in [6.45, 7) is 5.13. The first kappa shape index (κ1) is 16.6. The molecule has 0 unspecified atom stereocenters. The lowest BCUT2D eigenvalue weighted by molar-refractivity contribution is 0.0519. The molecule has 4 nitrogen and oxygen atoms in total. The first-order chi connectivity index (χ1) is 11.7. The van der Waals surface area contributed by atoms with Crippen LogP contribution in [0.4, 0.5) is 0 Å². The molecule has 0 radical (unpaired) electrons. The Hall–Kier alpha value is -2.24. The molecule has 24 heavy (non-hydrogen) atoms. The van der Waals surface area contributed by atoms with Crippen molar-refractivity contribution in [1.29, 1.82) is 0 Å². The monoisotopic (exact) mass is 341 g/mol. The van der Waals surface area contributed by atoms with Gasteiger partial charge >= 0.3 is 5.97 Å². The van der Waals surface area contributed by atoms with Gasteiger partial charge in [-0.05, 0) is 42.0 Å². The van der Waals surface area contributed by atoms with E-state index in [0.29, 0.717) is 25.5 Å². The zero-order valence-electron chi connectivity index (χ0n) is 13.7. The highest BCUT2D eigenvalue weighted by Crippen LogP contribution is 2.28. The Bertz CT molecular complexity index is 842. The Labute approximate surface area is 145 Å². The molecule has 0 bridgehead atoms. The summed E-state index contributed by atoms with van der Waals surface area (Å²) in [6, 6.07) is 11.8. The third kappa shape index (κ3) is 3.63. The van der Waals surface area contributed by atoms with Crippen LogP contribution < -0.4 is 0 Å². The minimum atomic E-state index is -0.394. The summed E-state index contributed by atoms with van der Waals surface area (Å²) >= 11 is 1.53. The molecule has 0 aliphatic heterocycles. The predicted molar refractivity (Wildman–Crippen MR) is 95.2 cm³/mol. The summed E-state index contributed by atoms with van der Waals surface area (Å²) in [5.74, 6) is -0.394. The number of benzene rings is 1. The van der Waals surface area contributed by atoms with Crippen LogP contribution in [-0.2, 0) is 22.7 Å². The van der Waals surface area contributed by atoms with Crippen LogP contribution in [0.15, 0.2) is 41.8 Å². The predicted octanol–water partition coefficient (Wildman–Crippen LogP) is 4.50. The number of aromatic nitrogens is 1. The van der Waals surface area contributed by atoms with E-state index < -0.39 is 5.97 Å². The Morgan fingerprint density at radius 2 is 2.00 bits per heavy atom. The van der Waals surface area contributed by atoms with E-state index in [2.05, 4.69) is 4.98 Å². The molecular weight excluding hydrogens is 322 g/mol. The van der Waals surface area contributed by atoms with Crippen molar-refractivity contribution in [3.63, 3.8) is 0 Å². The van der Waals surface area contributed by atoms with Gasteiger partial charge in [0.1, 0.15) is 10.5 Å². The summed E-state index contributed by atoms with van der Waals surface area (Å²) in [5.41, 5.74) is 3.58. The first-order valence-corrected chi connectivity index (χ1v) is 8.73. The van der Waals surface area contributed by atoms with Gasteiger partial charge in [0.2, 0.25) is 0 Å². The van der Waals surface area contributed by atoms with Gasteiger partial charge in [0.15, 0.2) is 0 Å². The fraction of sp³-hybridized carbons (Fsp3) is 0.263. The molecule has 0 N–H and O–H groups in total. The molecule has 0 saturated carbocycles. The van der Waals surface area contributed by atoms with E-state index in [1.165, 1.54) is 11.3 Å². The molecule has 3 aromatic rings. The van der Waals surface area contributed by atoms with Gasteiger partial charge in [0.05, 0.1) is 19.8 Å². The maximum Gasteiger partial charge on any atom is 0.356 e. The lowest BCUT2D eigenvalue weighted by Crippen LogP contribution is -2.08. The zero-order valence-corrected chi connectivity index (χ0v) is 14.6. The number of hydrogen-bond donors (Lipinski definition) is 0. The van der Waals surface area contributed by atoms with E-state index in [-0.39, 0.29) is 0 Å². The van der Waals surface area contributed by atoms with Crippen LogP contribution in [0.5, 0.6) is 0 Å². The van der Waals surface area contributed by atoms with E-state index >= 15 is 0 Å². The van der Waals surface area contributed by atoms with E-state index in [4.69, 9.17) is 9.47 Å². The number of nitrogens with zero attached hydrogens (tertiary/aromatic N) is 1. The number of hydrogen-bond acceptors (Lipinski definition) is 5. The van der Waals surface area contributed by atoms with Gasteiger partial charge in [0.25, 0.3) is 0 Å². The van der Waals surface area contributed by atoms with Crippen LogP contribution in [0.2, 0.25) is 0 Å². The zero-order chi connectivity index (χ0) is 16.9. The van der Waals surface area contributed by atoms with Crippen LogP contribution in [0, 0.1) is 6.92 Å². The molecule has 0 amide bonds. The van der Waals surface area contributed by atoms with Crippen molar-refractivity contribution in [3.05, 3.63) is 64.2 Å². The molecule has 2 aromatic heterocycles. The number of carbonyl (C=O) groups excluding carboxylic acids is 1. The Kier molecular flexibility index (Phi) is 5.23. The summed E-state index contributed by atoms with van der Waals surface area (Å²) in [5, 5.41) is 3.12. The average molecular weight is 341 g/mol. The van der Waals surface area contributed by atoms with Crippen molar-refractivity contribution in [1.82, 2.24) is 4.98 Å². The standard InChI is InChI=1S/C19H19NO3S/c1-3-23-19(21)16-9-15(17-13(2)12-24-18(17)20-16)11-22-10-14-7-5-4-6-8-14/h4-9,12H,3,10-11H2,1-2H3. The maximum absolute atomic E-state index is 12.0. The average Bonchev–Trinajstić information content (AvgIpc) is 2.97. The summed E-state index contributed by atoms with van der Waals surface area (Å²) in [4.78, 5) is 17.3. The fourth-order valence-electron chi connectivity index (χ4n) is 2.56. The number of ether oxygens (including phenoxy) is 2. The van der Waals surface area contributed by atoms with E-state index in [9.17, 15) is 4.79 Å². The van der Waals surface area contributed by atoms with Gasteiger partial charge in [-0.1, -0.05) is 30.3 Å². The summed E-state index contributed by atoms with van der Waals surface area (Å²) < 4.78 is 10.9. The molecule has 0 spiro atoms. The number of rotatable bonds is 6. The highest BCUT2D eigenvalue weighted by molar-refractivity contribution is 7.17. The third-order valence-electron chi connectivity index (χ3n) is 3.66. The highest BCUT2D eigenvalue weighted by Gasteiger charge is 2.15. The van der Waals surface area contributed by atoms with Crippen LogP contribution in [0.3, 0.4) is 0 Å². The second-order valence-corrected chi connectivity index (χ2v) is 6.32. The minimum Gasteiger partial charge on any atom is -0.461 e. The van der Waals surface area contributed by atoms with Crippen molar-refractivity contribution in [2.45, 2.75) is 27.1 Å². The molecule has 0 saturated heterocycles. The van der Waals surface area contributed by atoms with E-state index in [1.54, 1.807) is 13.0 Å². The topological polar surface area (TPSA) is 48.4 Å². The molecule has 0 fully saturated rings. The normalized spacial score (nSPS) is 10.9. The molecule has 124 valence electrons. The molecule has 5 heteroatoms. The molecule has 1 aromatic carbocycles. The van der Waals surface area contributed by atoms with Crippen molar-refractivity contribution < 1.29 is 14.3 Å². The number of pyridine rings is 1. The molecule has 0 aliphatic carbocycles. The quantitative estimate of drug-likeness (QED) is 0.620. The molecular formula is C19H19NO3S. The van der Waals surface area contributed by atoms with Crippen molar-refractivity contribution >= 4 is 27.5 Å². The van der Waals surface area contributed by atoms with Crippen LogP contribution in [0.25, 0.3) is 10.2 Å². The Morgan fingerprint density at radius 3 is 2.75 bits per heavy atom. The number of aryl methyl sites for hydroxylation is 1. The van der Waals surface area contributed by atoms with E-state index in [0.717, 1.165) is 26.9 Å². The first-order valence-electron chi connectivity index (χ1n) is 7.85. The molecule has 0 aliphatic rings. The molecule has 0 atom stereocenters. The van der Waals surface area contributed by atoms with E-state index in [1.807, 2.05) is 42.6 Å². The Balaban J connectivity index is 1.84. The second-order valence-electron chi connectivity index (χ2n) is 5.46.